The molecule has 19 heavy (non-hydrogen) atoms. The van der Waals surface area contributed by atoms with E-state index in [2.05, 4.69) is 32.4 Å². The molecule has 0 saturated carbocycles. The van der Waals surface area contributed by atoms with Gasteiger partial charge in [-0.2, -0.15) is 10.1 Å². The van der Waals surface area contributed by atoms with Crippen molar-refractivity contribution >= 4 is 40.7 Å². The lowest BCUT2D eigenvalue weighted by atomic mass is 10.3. The molecule has 0 amide bonds. The highest BCUT2D eigenvalue weighted by Gasteiger charge is 2.02. The second-order valence-electron chi connectivity index (χ2n) is 3.59. The summed E-state index contributed by atoms with van der Waals surface area (Å²) in [5.74, 6) is 0.977. The Morgan fingerprint density at radius 1 is 1.26 bits per heavy atom. The van der Waals surface area contributed by atoms with E-state index in [4.69, 9.17) is 23.2 Å². The average molecular weight is 296 g/mol. The van der Waals surface area contributed by atoms with Gasteiger partial charge in [0.05, 0.1) is 16.2 Å². The molecule has 1 aromatic carbocycles. The van der Waals surface area contributed by atoms with Gasteiger partial charge in [-0.1, -0.05) is 29.3 Å². The maximum absolute atomic E-state index is 5.94. The zero-order valence-electron chi connectivity index (χ0n) is 9.90. The van der Waals surface area contributed by atoms with Crippen LogP contribution in [-0.2, 0) is 0 Å². The summed E-state index contributed by atoms with van der Waals surface area (Å²) in [5, 5.41) is 14.7. The van der Waals surface area contributed by atoms with Crippen molar-refractivity contribution in [1.82, 2.24) is 15.2 Å². The Labute approximate surface area is 120 Å². The third-order valence-corrected chi connectivity index (χ3v) is 2.89. The van der Waals surface area contributed by atoms with Crippen LogP contribution in [0.25, 0.3) is 0 Å². The molecule has 2 aromatic rings. The van der Waals surface area contributed by atoms with E-state index in [1.54, 1.807) is 24.3 Å². The molecule has 0 radical (unpaired) electrons. The third kappa shape index (κ3) is 3.81. The van der Waals surface area contributed by atoms with Gasteiger partial charge >= 0.3 is 0 Å². The van der Waals surface area contributed by atoms with Crippen molar-refractivity contribution in [3.05, 3.63) is 47.1 Å². The van der Waals surface area contributed by atoms with E-state index >= 15 is 0 Å². The van der Waals surface area contributed by atoms with Gasteiger partial charge in [-0.25, -0.2) is 0 Å². The molecule has 2 rings (SSSR count). The minimum Gasteiger partial charge on any atom is -0.349 e. The van der Waals surface area contributed by atoms with Crippen molar-refractivity contribution in [2.24, 2.45) is 0 Å². The maximum atomic E-state index is 5.94. The number of anilines is 3. The number of halogens is 2. The summed E-state index contributed by atoms with van der Waals surface area (Å²) in [6, 6.07) is 5.22. The van der Waals surface area contributed by atoms with E-state index in [-0.39, 0.29) is 0 Å². The van der Waals surface area contributed by atoms with E-state index < -0.39 is 0 Å². The van der Waals surface area contributed by atoms with Crippen LogP contribution in [0.2, 0.25) is 10.0 Å². The molecule has 1 aromatic heterocycles. The van der Waals surface area contributed by atoms with Gasteiger partial charge in [0.1, 0.15) is 0 Å². The normalized spacial score (nSPS) is 10.0. The van der Waals surface area contributed by atoms with Crippen LogP contribution < -0.4 is 10.6 Å². The Morgan fingerprint density at radius 2 is 2.11 bits per heavy atom. The first kappa shape index (κ1) is 13.6. The Morgan fingerprint density at radius 3 is 2.84 bits per heavy atom. The van der Waals surface area contributed by atoms with E-state index in [0.717, 1.165) is 5.69 Å². The molecule has 0 aliphatic carbocycles. The number of hydrogen-bond acceptors (Lipinski definition) is 5. The van der Waals surface area contributed by atoms with Gasteiger partial charge in [-0.05, 0) is 18.2 Å². The van der Waals surface area contributed by atoms with Gasteiger partial charge in [0, 0.05) is 12.2 Å². The van der Waals surface area contributed by atoms with Crippen molar-refractivity contribution in [2.75, 3.05) is 17.2 Å². The number of nitrogens with zero attached hydrogens (tertiary/aromatic N) is 3. The fourth-order valence-corrected chi connectivity index (χ4v) is 1.62. The number of benzene rings is 1. The molecule has 0 unspecified atom stereocenters. The van der Waals surface area contributed by atoms with Crippen molar-refractivity contribution < 1.29 is 0 Å². The molecule has 98 valence electrons. The van der Waals surface area contributed by atoms with Gasteiger partial charge in [0.25, 0.3) is 0 Å². The summed E-state index contributed by atoms with van der Waals surface area (Å²) in [7, 11) is 0. The monoisotopic (exact) mass is 295 g/mol. The zero-order chi connectivity index (χ0) is 13.7. The van der Waals surface area contributed by atoms with E-state index in [1.807, 2.05) is 0 Å². The molecule has 2 N–H and O–H groups in total. The van der Waals surface area contributed by atoms with Gasteiger partial charge in [0.2, 0.25) is 5.95 Å². The lowest BCUT2D eigenvalue weighted by Gasteiger charge is -2.07. The molecule has 0 fully saturated rings. The topological polar surface area (TPSA) is 62.7 Å². The van der Waals surface area contributed by atoms with Crippen molar-refractivity contribution in [1.29, 1.82) is 0 Å². The molecule has 0 saturated heterocycles. The first-order chi connectivity index (χ1) is 9.19. The van der Waals surface area contributed by atoms with Gasteiger partial charge in [-0.15, -0.1) is 11.7 Å². The fourth-order valence-electron chi connectivity index (χ4n) is 1.32. The van der Waals surface area contributed by atoms with Crippen LogP contribution >= 0.6 is 23.2 Å². The number of nitrogens with one attached hydrogen (secondary N) is 2. The van der Waals surface area contributed by atoms with Gasteiger partial charge < -0.3 is 10.6 Å². The molecule has 0 aliphatic rings. The number of hydrogen-bond donors (Lipinski definition) is 2. The molecule has 0 bridgehead atoms. The highest BCUT2D eigenvalue weighted by Crippen LogP contribution is 2.26. The Bertz CT molecular complexity index is 588. The minimum absolute atomic E-state index is 0.421. The van der Waals surface area contributed by atoms with E-state index in [1.165, 1.54) is 6.20 Å². The lowest BCUT2D eigenvalue weighted by molar-refractivity contribution is 0.968. The van der Waals surface area contributed by atoms with Crippen LogP contribution in [0.5, 0.6) is 0 Å². The summed E-state index contributed by atoms with van der Waals surface area (Å²) in [6.07, 6.45) is 3.23. The largest absolute Gasteiger partial charge is 0.349 e. The summed E-state index contributed by atoms with van der Waals surface area (Å²) in [5.41, 5.74) is 0.768. The van der Waals surface area contributed by atoms with E-state index in [9.17, 15) is 0 Å². The predicted molar refractivity (Wildman–Crippen MR) is 78.3 cm³/mol. The third-order valence-electron chi connectivity index (χ3n) is 2.16. The standard InChI is InChI=1S/C12H11Cl2N5/c1-2-5-15-12-18-11(7-16-19-12)17-8-3-4-9(13)10(14)6-8/h2-4,6-7H,1,5H2,(H2,15,17,18,19). The smallest absolute Gasteiger partial charge is 0.244 e. The van der Waals surface area contributed by atoms with Crippen LogP contribution in [-0.4, -0.2) is 21.7 Å². The molecule has 1 heterocycles. The summed E-state index contributed by atoms with van der Waals surface area (Å²) in [6.45, 7) is 4.17. The van der Waals surface area contributed by atoms with E-state index in [0.29, 0.717) is 28.4 Å². The van der Waals surface area contributed by atoms with Crippen LogP contribution in [0.15, 0.2) is 37.1 Å². The highest BCUT2D eigenvalue weighted by atomic mass is 35.5. The highest BCUT2D eigenvalue weighted by molar-refractivity contribution is 6.42. The second kappa shape index (κ2) is 6.36. The molecular weight excluding hydrogens is 285 g/mol. The van der Waals surface area contributed by atoms with Crippen molar-refractivity contribution in [3.8, 4) is 0 Å². The zero-order valence-corrected chi connectivity index (χ0v) is 11.4. The van der Waals surface area contributed by atoms with Gasteiger partial charge in [-0.3, -0.25) is 0 Å². The summed E-state index contributed by atoms with van der Waals surface area (Å²) in [4.78, 5) is 4.24. The number of rotatable bonds is 5. The lowest BCUT2D eigenvalue weighted by Crippen LogP contribution is -2.05. The average Bonchev–Trinajstić information content (AvgIpc) is 2.41. The predicted octanol–water partition coefficient (Wildman–Crippen LogP) is 3.52. The van der Waals surface area contributed by atoms with Crippen LogP contribution in [0, 0.1) is 0 Å². The summed E-state index contributed by atoms with van der Waals surface area (Å²) < 4.78 is 0. The Kier molecular flexibility index (Phi) is 4.54. The first-order valence-electron chi connectivity index (χ1n) is 5.45. The molecule has 7 heteroatoms. The van der Waals surface area contributed by atoms with Crippen LogP contribution in [0.4, 0.5) is 17.5 Å². The second-order valence-corrected chi connectivity index (χ2v) is 4.40. The molecular formula is C12H11Cl2N5. The molecule has 0 atom stereocenters. The van der Waals surface area contributed by atoms with Crippen LogP contribution in [0.1, 0.15) is 0 Å². The van der Waals surface area contributed by atoms with Crippen LogP contribution in [0.3, 0.4) is 0 Å². The molecule has 0 aliphatic heterocycles. The van der Waals surface area contributed by atoms with Gasteiger partial charge in [0.15, 0.2) is 5.82 Å². The molecule has 0 spiro atoms. The Balaban J connectivity index is 2.13. The summed E-state index contributed by atoms with van der Waals surface area (Å²) >= 11 is 11.8. The SMILES string of the molecule is C=CCNc1nncc(Nc2ccc(Cl)c(Cl)c2)n1. The fraction of sp³-hybridized carbons (Fsp3) is 0.0833. The first-order valence-corrected chi connectivity index (χ1v) is 6.21. The van der Waals surface area contributed by atoms with Crippen molar-refractivity contribution in [3.63, 3.8) is 0 Å². The van der Waals surface area contributed by atoms with Crippen molar-refractivity contribution in [2.45, 2.75) is 0 Å². The minimum atomic E-state index is 0.421. The number of aromatic nitrogens is 3. The molecule has 5 nitrogen and oxygen atoms in total. The Hall–Kier alpha value is -1.85. The maximum Gasteiger partial charge on any atom is 0.244 e. The quantitative estimate of drug-likeness (QED) is 0.827.